The summed E-state index contributed by atoms with van der Waals surface area (Å²) in [6.07, 6.45) is 0. The minimum absolute atomic E-state index is 0.138. The van der Waals surface area contributed by atoms with Crippen LogP contribution in [-0.2, 0) is 0 Å². The molecule has 6 heteroatoms. The monoisotopic (exact) mass is 312 g/mol. The second-order valence-corrected chi connectivity index (χ2v) is 6.38. The maximum atomic E-state index is 6.31. The van der Waals surface area contributed by atoms with Crippen LogP contribution in [-0.4, -0.2) is 47.8 Å². The molecule has 2 aromatic rings. The summed E-state index contributed by atoms with van der Waals surface area (Å²) in [5, 5.41) is 2.88. The molecule has 0 radical (unpaired) electrons. The zero-order valence-corrected chi connectivity index (χ0v) is 13.2. The molecular weight excluding hydrogens is 295 g/mol. The number of aromatic nitrogens is 2. The molecule has 1 aliphatic heterocycles. The van der Waals surface area contributed by atoms with E-state index in [0.29, 0.717) is 5.02 Å². The van der Waals surface area contributed by atoms with Crippen molar-refractivity contribution in [2.45, 2.75) is 12.3 Å². The number of benzene rings is 1. The third kappa shape index (κ3) is 2.48. The smallest absolute Gasteiger partial charge is 0.146 e. The Labute approximate surface area is 128 Å². The first-order valence-electron chi connectivity index (χ1n) is 6.82. The highest BCUT2D eigenvalue weighted by molar-refractivity contribution is 6.31. The van der Waals surface area contributed by atoms with Crippen LogP contribution in [0.5, 0.6) is 0 Å². The van der Waals surface area contributed by atoms with Gasteiger partial charge in [0.15, 0.2) is 0 Å². The number of rotatable bonds is 2. The third-order valence-corrected chi connectivity index (χ3v) is 4.17. The first-order chi connectivity index (χ1) is 9.56. The fraction of sp³-hybridized carbons (Fsp3) is 0.500. The molecule has 20 heavy (non-hydrogen) atoms. The number of imidazole rings is 1. The Hall–Kier alpha value is -0.970. The Kier molecular flexibility index (Phi) is 3.80. The lowest BCUT2D eigenvalue weighted by Gasteiger charge is -2.35. The van der Waals surface area contributed by atoms with Gasteiger partial charge in [0.25, 0.3) is 0 Å². The van der Waals surface area contributed by atoms with E-state index in [2.05, 4.69) is 26.6 Å². The molecule has 1 aliphatic rings. The van der Waals surface area contributed by atoms with Gasteiger partial charge in [0.2, 0.25) is 0 Å². The highest BCUT2D eigenvalue weighted by atomic mass is 35.5. The standard InChI is InChI=1S/C14H18Cl2N4/c1-10(15)14-17-12-9-11(16)3-4-13(12)20(14)19-7-5-18(2)6-8-19/h3-4,9-10H,5-8H2,1-2H3. The first-order valence-corrected chi connectivity index (χ1v) is 7.63. The second kappa shape index (κ2) is 5.43. The van der Waals surface area contributed by atoms with Gasteiger partial charge in [-0.3, -0.25) is 0 Å². The van der Waals surface area contributed by atoms with Crippen LogP contribution in [0.1, 0.15) is 18.1 Å². The molecule has 2 heterocycles. The number of piperazine rings is 1. The van der Waals surface area contributed by atoms with E-state index in [-0.39, 0.29) is 5.38 Å². The van der Waals surface area contributed by atoms with Crippen LogP contribution < -0.4 is 5.01 Å². The summed E-state index contributed by atoms with van der Waals surface area (Å²) in [7, 11) is 2.15. The highest BCUT2D eigenvalue weighted by Crippen LogP contribution is 2.27. The maximum Gasteiger partial charge on any atom is 0.146 e. The lowest BCUT2D eigenvalue weighted by Crippen LogP contribution is -2.50. The molecule has 1 aromatic heterocycles. The maximum absolute atomic E-state index is 6.31. The molecule has 0 spiro atoms. The van der Waals surface area contributed by atoms with Gasteiger partial charge in [0, 0.05) is 31.2 Å². The number of hydrogen-bond acceptors (Lipinski definition) is 3. The minimum Gasteiger partial charge on any atom is -0.308 e. The molecule has 4 nitrogen and oxygen atoms in total. The van der Waals surface area contributed by atoms with Gasteiger partial charge >= 0.3 is 0 Å². The van der Waals surface area contributed by atoms with E-state index in [1.807, 2.05) is 25.1 Å². The van der Waals surface area contributed by atoms with Gasteiger partial charge in [0.1, 0.15) is 5.82 Å². The summed E-state index contributed by atoms with van der Waals surface area (Å²) in [4.78, 5) is 6.99. The molecule has 0 amide bonds. The number of nitrogens with zero attached hydrogens (tertiary/aromatic N) is 4. The summed E-state index contributed by atoms with van der Waals surface area (Å²) in [5.74, 6) is 0.883. The lowest BCUT2D eigenvalue weighted by atomic mass is 10.3. The number of fused-ring (bicyclic) bond motifs is 1. The molecule has 1 atom stereocenters. The minimum atomic E-state index is -0.138. The normalized spacial score (nSPS) is 18.7. The largest absolute Gasteiger partial charge is 0.308 e. The summed E-state index contributed by atoms with van der Waals surface area (Å²) in [6, 6.07) is 5.82. The molecule has 0 saturated carbocycles. The number of halogens is 2. The summed E-state index contributed by atoms with van der Waals surface area (Å²) >= 11 is 12.4. The van der Waals surface area contributed by atoms with E-state index in [4.69, 9.17) is 23.2 Å². The van der Waals surface area contributed by atoms with E-state index in [0.717, 1.165) is 43.0 Å². The van der Waals surface area contributed by atoms with Crippen molar-refractivity contribution in [3.05, 3.63) is 29.0 Å². The third-order valence-electron chi connectivity index (χ3n) is 3.74. The molecule has 0 aliphatic carbocycles. The highest BCUT2D eigenvalue weighted by Gasteiger charge is 2.22. The van der Waals surface area contributed by atoms with Crippen molar-refractivity contribution >= 4 is 34.2 Å². The SMILES string of the molecule is CC(Cl)c1nc2cc(Cl)ccc2n1N1CCN(C)CC1. The molecular formula is C14H18Cl2N4. The topological polar surface area (TPSA) is 24.3 Å². The van der Waals surface area contributed by atoms with Gasteiger partial charge < -0.3 is 9.91 Å². The molecule has 1 saturated heterocycles. The Morgan fingerprint density at radius 1 is 1.20 bits per heavy atom. The number of likely N-dealkylation sites (N-methyl/N-ethyl adjacent to an activating group) is 1. The van der Waals surface area contributed by atoms with Crippen LogP contribution in [0.25, 0.3) is 11.0 Å². The molecule has 1 unspecified atom stereocenters. The fourth-order valence-electron chi connectivity index (χ4n) is 2.61. The van der Waals surface area contributed by atoms with Crippen LogP contribution in [0.4, 0.5) is 0 Å². The molecule has 1 aromatic carbocycles. The summed E-state index contributed by atoms with van der Waals surface area (Å²) < 4.78 is 2.16. The second-order valence-electron chi connectivity index (χ2n) is 5.29. The molecule has 3 rings (SSSR count). The fourth-order valence-corrected chi connectivity index (χ4v) is 2.92. The van der Waals surface area contributed by atoms with Gasteiger partial charge in [-0.2, -0.15) is 0 Å². The van der Waals surface area contributed by atoms with E-state index in [1.165, 1.54) is 0 Å². The van der Waals surface area contributed by atoms with Crippen molar-refractivity contribution in [1.82, 2.24) is 14.6 Å². The van der Waals surface area contributed by atoms with Crippen molar-refractivity contribution in [3.8, 4) is 0 Å². The van der Waals surface area contributed by atoms with Gasteiger partial charge in [0.05, 0.1) is 16.4 Å². The van der Waals surface area contributed by atoms with Crippen molar-refractivity contribution in [2.24, 2.45) is 0 Å². The zero-order valence-electron chi connectivity index (χ0n) is 11.7. The molecule has 108 valence electrons. The molecule has 0 N–H and O–H groups in total. The quantitative estimate of drug-likeness (QED) is 0.797. The molecule has 1 fully saturated rings. The average molecular weight is 313 g/mol. The van der Waals surface area contributed by atoms with E-state index >= 15 is 0 Å². The van der Waals surface area contributed by atoms with Crippen LogP contribution in [0.2, 0.25) is 5.02 Å². The average Bonchev–Trinajstić information content (AvgIpc) is 2.78. The summed E-state index contributed by atoms with van der Waals surface area (Å²) in [5.41, 5.74) is 1.97. The zero-order chi connectivity index (χ0) is 14.3. The van der Waals surface area contributed by atoms with Gasteiger partial charge in [-0.1, -0.05) is 11.6 Å². The lowest BCUT2D eigenvalue weighted by molar-refractivity contribution is 0.287. The van der Waals surface area contributed by atoms with Crippen LogP contribution >= 0.6 is 23.2 Å². The van der Waals surface area contributed by atoms with Gasteiger partial charge in [-0.15, -0.1) is 11.6 Å². The van der Waals surface area contributed by atoms with E-state index < -0.39 is 0 Å². The van der Waals surface area contributed by atoms with Crippen molar-refractivity contribution < 1.29 is 0 Å². The molecule has 0 bridgehead atoms. The van der Waals surface area contributed by atoms with Crippen molar-refractivity contribution in [2.75, 3.05) is 38.2 Å². The predicted octanol–water partition coefficient (Wildman–Crippen LogP) is 2.87. The van der Waals surface area contributed by atoms with Crippen LogP contribution in [0.3, 0.4) is 0 Å². The Bertz CT molecular complexity index is 615. The number of alkyl halides is 1. The Morgan fingerprint density at radius 3 is 2.55 bits per heavy atom. The van der Waals surface area contributed by atoms with Crippen LogP contribution in [0, 0.1) is 0 Å². The van der Waals surface area contributed by atoms with Gasteiger partial charge in [-0.05, 0) is 32.2 Å². The van der Waals surface area contributed by atoms with Gasteiger partial charge in [-0.25, -0.2) is 9.66 Å². The summed E-state index contributed by atoms with van der Waals surface area (Å²) in [6.45, 7) is 5.99. The first kappa shape index (κ1) is 14.0. The van der Waals surface area contributed by atoms with Crippen molar-refractivity contribution in [3.63, 3.8) is 0 Å². The Morgan fingerprint density at radius 2 is 1.90 bits per heavy atom. The van der Waals surface area contributed by atoms with E-state index in [9.17, 15) is 0 Å². The number of hydrogen-bond donors (Lipinski definition) is 0. The predicted molar refractivity (Wildman–Crippen MR) is 84.5 cm³/mol. The van der Waals surface area contributed by atoms with Crippen molar-refractivity contribution in [1.29, 1.82) is 0 Å². The van der Waals surface area contributed by atoms with Crippen LogP contribution in [0.15, 0.2) is 18.2 Å². The Balaban J connectivity index is 2.09. The van der Waals surface area contributed by atoms with E-state index in [1.54, 1.807) is 0 Å².